The molecule has 6 rings (SSSR count). The number of likely N-dealkylation sites (tertiary alicyclic amines) is 2. The van der Waals surface area contributed by atoms with Gasteiger partial charge in [-0.25, -0.2) is 29.5 Å². The van der Waals surface area contributed by atoms with Crippen molar-refractivity contribution in [3.05, 3.63) is 36.4 Å². The first-order chi connectivity index (χ1) is 24.4. The highest BCUT2D eigenvalue weighted by Crippen LogP contribution is 2.39. The third-order valence-corrected chi connectivity index (χ3v) is 11.4. The van der Waals surface area contributed by atoms with Gasteiger partial charge in [-0.15, -0.1) is 22.7 Å². The molecule has 4 amide bonds. The first-order valence-electron chi connectivity index (χ1n) is 16.9. The van der Waals surface area contributed by atoms with Gasteiger partial charge in [-0.3, -0.25) is 9.59 Å². The monoisotopic (exact) mass is 738 g/mol. The molecule has 2 aliphatic rings. The number of carboxylic acid groups (broad SMARTS) is 1. The Labute approximate surface area is 302 Å². The summed E-state index contributed by atoms with van der Waals surface area (Å²) >= 11 is 2.94. The number of amides is 4. The van der Waals surface area contributed by atoms with Gasteiger partial charge in [-0.1, -0.05) is 27.7 Å². The molecule has 4 aromatic heterocycles. The average molecular weight is 739 g/mol. The predicted octanol–water partition coefficient (Wildman–Crippen LogP) is 5.05. The van der Waals surface area contributed by atoms with Gasteiger partial charge in [-0.2, -0.15) is 0 Å². The lowest BCUT2D eigenvalue weighted by Gasteiger charge is -2.30. The quantitative estimate of drug-likeness (QED) is 0.138. The predicted molar refractivity (Wildman–Crippen MR) is 190 cm³/mol. The molecular weight excluding hydrogens is 697 g/mol. The summed E-state index contributed by atoms with van der Waals surface area (Å²) in [7, 11) is 1.28. The van der Waals surface area contributed by atoms with Crippen molar-refractivity contribution in [1.29, 1.82) is 0 Å². The van der Waals surface area contributed by atoms with Gasteiger partial charge in [0, 0.05) is 25.5 Å². The molecule has 51 heavy (non-hydrogen) atoms. The number of nitrogens with zero attached hydrogens (tertiary/aromatic N) is 6. The van der Waals surface area contributed by atoms with Gasteiger partial charge >= 0.3 is 12.2 Å². The number of hydrogen-bond donors (Lipinski definition) is 5. The van der Waals surface area contributed by atoms with E-state index in [1.54, 1.807) is 34.6 Å². The summed E-state index contributed by atoms with van der Waals surface area (Å²) in [6, 6.07) is -2.06. The second-order valence-corrected chi connectivity index (χ2v) is 15.4. The van der Waals surface area contributed by atoms with Crippen LogP contribution >= 0.6 is 22.7 Å². The number of rotatable bonds is 11. The third-order valence-electron chi connectivity index (χ3n) is 9.22. The van der Waals surface area contributed by atoms with Gasteiger partial charge in [0.05, 0.1) is 52.7 Å². The minimum atomic E-state index is -1.22. The maximum absolute atomic E-state index is 13.5. The highest BCUT2D eigenvalue weighted by Gasteiger charge is 2.39. The Morgan fingerprint density at radius 3 is 1.63 bits per heavy atom. The fourth-order valence-electron chi connectivity index (χ4n) is 6.59. The molecule has 18 heteroatoms. The molecule has 2 fully saturated rings. The van der Waals surface area contributed by atoms with E-state index in [0.717, 1.165) is 56.8 Å². The number of hydrogen-bond acceptors (Lipinski definition) is 11. The van der Waals surface area contributed by atoms with E-state index in [2.05, 4.69) is 40.5 Å². The van der Waals surface area contributed by atoms with Crippen LogP contribution in [-0.2, 0) is 14.3 Å². The number of aromatic nitrogens is 6. The largest absolute Gasteiger partial charge is 0.465 e. The Balaban J connectivity index is 1.13. The van der Waals surface area contributed by atoms with Crippen molar-refractivity contribution >= 4 is 46.7 Å². The smallest absolute Gasteiger partial charge is 0.407 e. The molecule has 0 aliphatic carbocycles. The van der Waals surface area contributed by atoms with Crippen molar-refractivity contribution in [2.45, 2.75) is 77.5 Å². The number of methoxy groups -OCH3 is 1. The average Bonchev–Trinajstić information content (AvgIpc) is 3.93. The fraction of sp³-hybridized carbons (Fsp3) is 0.515. The third kappa shape index (κ3) is 7.61. The van der Waals surface area contributed by atoms with Crippen LogP contribution in [0.25, 0.3) is 31.2 Å². The lowest BCUT2D eigenvalue weighted by atomic mass is 10.0. The number of thiazole rings is 2. The van der Waals surface area contributed by atoms with Crippen LogP contribution in [0.1, 0.15) is 77.1 Å². The number of alkyl carbamates (subject to hydrolysis) is 1. The summed E-state index contributed by atoms with van der Waals surface area (Å²) in [6.07, 6.45) is 8.25. The Morgan fingerprint density at radius 2 is 1.22 bits per heavy atom. The molecule has 0 bridgehead atoms. The Hall–Kier alpha value is -4.84. The van der Waals surface area contributed by atoms with Crippen LogP contribution in [-0.4, -0.2) is 101 Å². The molecule has 0 spiro atoms. The van der Waals surface area contributed by atoms with Crippen molar-refractivity contribution in [3.63, 3.8) is 0 Å². The minimum Gasteiger partial charge on any atom is -0.465 e. The Kier molecular flexibility index (Phi) is 10.7. The van der Waals surface area contributed by atoms with E-state index < -0.39 is 24.3 Å². The van der Waals surface area contributed by atoms with Crippen molar-refractivity contribution in [3.8, 4) is 31.2 Å². The second kappa shape index (κ2) is 15.2. The molecule has 272 valence electrons. The normalized spacial score (nSPS) is 18.7. The zero-order valence-electron chi connectivity index (χ0n) is 29.0. The summed E-state index contributed by atoms with van der Waals surface area (Å²) in [4.78, 5) is 80.6. The molecule has 16 nitrogen and oxygen atoms in total. The number of carbonyl (C=O) groups excluding carboxylic acids is 3. The number of carbonyl (C=O) groups is 4. The summed E-state index contributed by atoms with van der Waals surface area (Å²) in [5, 5.41) is 15.8. The fourth-order valence-corrected chi connectivity index (χ4v) is 8.39. The van der Waals surface area contributed by atoms with Crippen LogP contribution in [0.15, 0.2) is 24.8 Å². The molecule has 2 aliphatic heterocycles. The van der Waals surface area contributed by atoms with Crippen LogP contribution in [0.3, 0.4) is 0 Å². The molecule has 6 heterocycles. The molecule has 4 aromatic rings. The van der Waals surface area contributed by atoms with Gasteiger partial charge < -0.3 is 40.2 Å². The van der Waals surface area contributed by atoms with Gasteiger partial charge in [0.2, 0.25) is 11.8 Å². The summed E-state index contributed by atoms with van der Waals surface area (Å²) in [5.41, 5.74) is 1.55. The first-order valence-corrected chi connectivity index (χ1v) is 18.6. The Morgan fingerprint density at radius 1 is 0.765 bits per heavy atom. The number of H-pyrrole nitrogens is 2. The maximum atomic E-state index is 13.5. The summed E-state index contributed by atoms with van der Waals surface area (Å²) in [5.74, 6) is 0.590. The van der Waals surface area contributed by atoms with E-state index in [9.17, 15) is 24.3 Å². The van der Waals surface area contributed by atoms with Crippen LogP contribution in [0.4, 0.5) is 9.59 Å². The van der Waals surface area contributed by atoms with E-state index in [0.29, 0.717) is 24.7 Å². The zero-order chi connectivity index (χ0) is 36.4. The molecular formula is C33H42N10O6S2. The van der Waals surface area contributed by atoms with Gasteiger partial charge in [0.25, 0.3) is 0 Å². The topological polar surface area (TPSA) is 211 Å². The number of ether oxygens (including phenoxy) is 1. The van der Waals surface area contributed by atoms with E-state index in [1.165, 1.54) is 29.8 Å². The van der Waals surface area contributed by atoms with Gasteiger partial charge in [0.15, 0.2) is 10.0 Å². The number of aromatic amines is 2. The van der Waals surface area contributed by atoms with E-state index in [4.69, 9.17) is 4.74 Å². The highest BCUT2D eigenvalue weighted by atomic mass is 32.1. The van der Waals surface area contributed by atoms with Crippen molar-refractivity contribution < 1.29 is 29.0 Å². The van der Waals surface area contributed by atoms with Crippen LogP contribution < -0.4 is 10.6 Å². The standard InChI is InChI=1S/C33H42N10O6S2/c1-16(2)24(40-32(46)47)30(44)42-10-6-8-20(42)26-34-12-18(38-26)22-14-36-28(50-22)29-37-15-23(51-29)19-13-35-27(39-19)21-9-7-11-43(21)31(45)25(17(3)4)41-33(48)49-5/h12-17,20-21,24-25,40H,6-11H2,1-5H3,(H,34,38)(H,35,39)(H,41,48)(H,46,47)/t20-,21-,24+,25+/m0/s1. The van der Waals surface area contributed by atoms with Gasteiger partial charge in [-0.05, 0) is 37.5 Å². The number of imidazole rings is 2. The van der Waals surface area contributed by atoms with Crippen LogP contribution in [0, 0.1) is 11.8 Å². The lowest BCUT2D eigenvalue weighted by molar-refractivity contribution is -0.136. The molecule has 5 N–H and O–H groups in total. The maximum Gasteiger partial charge on any atom is 0.407 e. The van der Waals surface area contributed by atoms with Gasteiger partial charge in [0.1, 0.15) is 23.7 Å². The molecule has 4 atom stereocenters. The summed E-state index contributed by atoms with van der Waals surface area (Å²) in [6.45, 7) is 8.51. The van der Waals surface area contributed by atoms with Crippen molar-refractivity contribution in [2.24, 2.45) is 11.8 Å². The minimum absolute atomic E-state index is 0.122. The first kappa shape index (κ1) is 36.0. The van der Waals surface area contributed by atoms with Crippen molar-refractivity contribution in [2.75, 3.05) is 20.2 Å². The summed E-state index contributed by atoms with van der Waals surface area (Å²) < 4.78 is 4.74. The van der Waals surface area contributed by atoms with Crippen LogP contribution in [0.2, 0.25) is 0 Å². The van der Waals surface area contributed by atoms with Crippen LogP contribution in [0.5, 0.6) is 0 Å². The molecule has 0 saturated carbocycles. The molecule has 0 aromatic carbocycles. The van der Waals surface area contributed by atoms with Crippen molar-refractivity contribution in [1.82, 2.24) is 50.3 Å². The molecule has 0 radical (unpaired) electrons. The van der Waals surface area contributed by atoms with E-state index in [1.807, 2.05) is 27.7 Å². The lowest BCUT2D eigenvalue weighted by Crippen LogP contribution is -2.51. The SMILES string of the molecule is COC(=O)N[C@@H](C(=O)N1CCC[C@H]1c1ncc(-c2cnc(-c3ncc(-c4cnc([C@@H]5CCCN5C(=O)[C@H](NC(=O)O)C(C)C)[nH]4)s3)s2)[nH]1)C(C)C. The Bertz CT molecular complexity index is 1880. The molecule has 0 unspecified atom stereocenters. The van der Waals surface area contributed by atoms with E-state index >= 15 is 0 Å². The second-order valence-electron chi connectivity index (χ2n) is 13.3. The van der Waals surface area contributed by atoms with E-state index in [-0.39, 0.29) is 35.7 Å². The zero-order valence-corrected chi connectivity index (χ0v) is 30.6. The highest BCUT2D eigenvalue weighted by molar-refractivity contribution is 7.24. The number of nitrogens with one attached hydrogen (secondary N) is 4. The molecule has 2 saturated heterocycles.